The van der Waals surface area contributed by atoms with Gasteiger partial charge in [0.25, 0.3) is 0 Å². The summed E-state index contributed by atoms with van der Waals surface area (Å²) in [4.78, 5) is 0. The highest BCUT2D eigenvalue weighted by atomic mass is 14.6. The SMILES string of the molecule is C=C1CC[C@@]2(C)C(=CC[C@H]3[C@@H]4CCC[C@@]4(C)CC[C@@H]32)C1. The molecule has 0 spiro atoms. The Kier molecular flexibility index (Phi) is 2.79. The van der Waals surface area contributed by atoms with Crippen LogP contribution in [0.1, 0.15) is 71.6 Å². The summed E-state index contributed by atoms with van der Waals surface area (Å²) in [5.41, 5.74) is 4.46. The van der Waals surface area contributed by atoms with Crippen LogP contribution in [0.3, 0.4) is 0 Å². The predicted octanol–water partition coefficient (Wildman–Crippen LogP) is 5.90. The van der Waals surface area contributed by atoms with E-state index in [-0.39, 0.29) is 0 Å². The molecule has 0 aromatic heterocycles. The molecule has 0 heteroatoms. The number of rotatable bonds is 0. The first kappa shape index (κ1) is 13.2. The van der Waals surface area contributed by atoms with Crippen LogP contribution in [-0.2, 0) is 0 Å². The molecule has 0 unspecified atom stereocenters. The van der Waals surface area contributed by atoms with E-state index in [1.54, 1.807) is 5.57 Å². The fourth-order valence-corrected chi connectivity index (χ4v) is 6.56. The van der Waals surface area contributed by atoms with Gasteiger partial charge in [-0.3, -0.25) is 0 Å². The lowest BCUT2D eigenvalue weighted by atomic mass is 9.48. The Hall–Kier alpha value is -0.520. The van der Waals surface area contributed by atoms with Crippen LogP contribution in [0.15, 0.2) is 23.8 Å². The average Bonchev–Trinajstić information content (AvgIpc) is 2.81. The quantitative estimate of drug-likeness (QED) is 0.481. The van der Waals surface area contributed by atoms with Crippen LogP contribution >= 0.6 is 0 Å². The molecule has 5 atom stereocenters. The molecule has 0 bridgehead atoms. The largest absolute Gasteiger partial charge is 0.0995 e. The van der Waals surface area contributed by atoms with Crippen molar-refractivity contribution < 1.29 is 0 Å². The Morgan fingerprint density at radius 3 is 2.80 bits per heavy atom. The third-order valence-corrected chi connectivity index (χ3v) is 7.84. The van der Waals surface area contributed by atoms with Gasteiger partial charge >= 0.3 is 0 Å². The fraction of sp³-hybridized carbons (Fsp3) is 0.800. The smallest absolute Gasteiger partial charge is 0.00790 e. The minimum atomic E-state index is 0.522. The lowest BCUT2D eigenvalue weighted by Crippen LogP contribution is -2.48. The zero-order valence-corrected chi connectivity index (χ0v) is 13.4. The molecule has 0 aromatic carbocycles. The third-order valence-electron chi connectivity index (χ3n) is 7.84. The van der Waals surface area contributed by atoms with Crippen molar-refractivity contribution in [3.8, 4) is 0 Å². The van der Waals surface area contributed by atoms with Gasteiger partial charge in [-0.25, -0.2) is 0 Å². The molecule has 0 heterocycles. The van der Waals surface area contributed by atoms with Crippen molar-refractivity contribution in [3.63, 3.8) is 0 Å². The van der Waals surface area contributed by atoms with Gasteiger partial charge in [-0.2, -0.15) is 0 Å². The molecule has 3 saturated carbocycles. The highest BCUT2D eigenvalue weighted by molar-refractivity contribution is 5.30. The van der Waals surface area contributed by atoms with Crippen LogP contribution in [0.5, 0.6) is 0 Å². The molecule has 0 radical (unpaired) electrons. The monoisotopic (exact) mass is 270 g/mol. The van der Waals surface area contributed by atoms with E-state index in [9.17, 15) is 0 Å². The van der Waals surface area contributed by atoms with Crippen LogP contribution in [0.4, 0.5) is 0 Å². The molecule has 0 N–H and O–H groups in total. The summed E-state index contributed by atoms with van der Waals surface area (Å²) < 4.78 is 0. The molecule has 4 rings (SSSR count). The van der Waals surface area contributed by atoms with Crippen molar-refractivity contribution in [1.29, 1.82) is 0 Å². The molecule has 20 heavy (non-hydrogen) atoms. The minimum absolute atomic E-state index is 0.522. The minimum Gasteiger partial charge on any atom is -0.0995 e. The first-order chi connectivity index (χ1) is 9.53. The second-order valence-corrected chi connectivity index (χ2v) is 8.77. The van der Waals surface area contributed by atoms with Crippen molar-refractivity contribution in [2.75, 3.05) is 0 Å². The molecule has 4 aliphatic rings. The molecule has 3 fully saturated rings. The van der Waals surface area contributed by atoms with Gasteiger partial charge in [0, 0.05) is 0 Å². The average molecular weight is 270 g/mol. The van der Waals surface area contributed by atoms with Gasteiger partial charge in [-0.15, -0.1) is 0 Å². The zero-order chi connectivity index (χ0) is 14.0. The van der Waals surface area contributed by atoms with Gasteiger partial charge in [-0.1, -0.05) is 44.1 Å². The van der Waals surface area contributed by atoms with Crippen LogP contribution in [0.25, 0.3) is 0 Å². The molecule has 0 aromatic rings. The van der Waals surface area contributed by atoms with E-state index < -0.39 is 0 Å². The maximum atomic E-state index is 4.26. The first-order valence-corrected chi connectivity index (χ1v) is 8.89. The molecule has 0 amide bonds. The summed E-state index contributed by atoms with van der Waals surface area (Å²) in [6, 6.07) is 0. The number of fused-ring (bicyclic) bond motifs is 5. The van der Waals surface area contributed by atoms with Crippen LogP contribution in [-0.4, -0.2) is 0 Å². The second kappa shape index (κ2) is 4.24. The van der Waals surface area contributed by atoms with E-state index in [0.717, 1.165) is 17.8 Å². The van der Waals surface area contributed by atoms with Gasteiger partial charge in [0.05, 0.1) is 0 Å². The first-order valence-electron chi connectivity index (χ1n) is 8.89. The van der Waals surface area contributed by atoms with Crippen molar-refractivity contribution in [3.05, 3.63) is 23.8 Å². The van der Waals surface area contributed by atoms with Gasteiger partial charge in [0.2, 0.25) is 0 Å². The van der Waals surface area contributed by atoms with Crippen LogP contribution in [0.2, 0.25) is 0 Å². The normalized spacial score (nSPS) is 51.0. The van der Waals surface area contributed by atoms with Crippen molar-refractivity contribution >= 4 is 0 Å². The molecular formula is C20H30. The Morgan fingerprint density at radius 2 is 1.95 bits per heavy atom. The number of hydrogen-bond donors (Lipinski definition) is 0. The maximum Gasteiger partial charge on any atom is -0.00790 e. The van der Waals surface area contributed by atoms with Gasteiger partial charge < -0.3 is 0 Å². The number of hydrogen-bond acceptors (Lipinski definition) is 0. The molecule has 0 aliphatic heterocycles. The summed E-state index contributed by atoms with van der Waals surface area (Å²) in [5.74, 6) is 3.00. The summed E-state index contributed by atoms with van der Waals surface area (Å²) in [7, 11) is 0. The second-order valence-electron chi connectivity index (χ2n) is 8.77. The maximum absolute atomic E-state index is 4.26. The highest BCUT2D eigenvalue weighted by Crippen LogP contribution is 2.64. The van der Waals surface area contributed by atoms with E-state index in [1.807, 2.05) is 0 Å². The van der Waals surface area contributed by atoms with Crippen molar-refractivity contribution in [1.82, 2.24) is 0 Å². The van der Waals surface area contributed by atoms with Crippen molar-refractivity contribution in [2.45, 2.75) is 71.6 Å². The van der Waals surface area contributed by atoms with Gasteiger partial charge in [0.1, 0.15) is 0 Å². The van der Waals surface area contributed by atoms with Crippen LogP contribution < -0.4 is 0 Å². The lowest BCUT2D eigenvalue weighted by Gasteiger charge is -2.57. The number of allylic oxidation sites excluding steroid dienone is 3. The van der Waals surface area contributed by atoms with Crippen molar-refractivity contribution in [2.24, 2.45) is 28.6 Å². The third kappa shape index (κ3) is 1.66. The van der Waals surface area contributed by atoms with E-state index in [1.165, 1.54) is 63.4 Å². The fourth-order valence-electron chi connectivity index (χ4n) is 6.56. The van der Waals surface area contributed by atoms with Gasteiger partial charge in [0.15, 0.2) is 0 Å². The van der Waals surface area contributed by atoms with E-state index in [0.29, 0.717) is 10.8 Å². The molecule has 0 saturated heterocycles. The van der Waals surface area contributed by atoms with Crippen LogP contribution in [0, 0.1) is 28.6 Å². The molecular weight excluding hydrogens is 240 g/mol. The predicted molar refractivity (Wildman–Crippen MR) is 85.5 cm³/mol. The zero-order valence-electron chi connectivity index (χ0n) is 13.4. The summed E-state index contributed by atoms with van der Waals surface area (Å²) in [5, 5.41) is 0. The summed E-state index contributed by atoms with van der Waals surface area (Å²) >= 11 is 0. The molecule has 110 valence electrons. The topological polar surface area (TPSA) is 0 Å². The standard InChI is InChI=1S/C20H30/c1-14-8-12-20(3)15(13-14)6-7-16-17-5-4-10-19(17,2)11-9-18(16)20/h6,16-18H,1,4-5,7-13H2,2-3H3/t16-,17-,18-,19-,20-/m0/s1. The Balaban J connectivity index is 1.70. The Morgan fingerprint density at radius 1 is 1.10 bits per heavy atom. The van der Waals surface area contributed by atoms with E-state index in [4.69, 9.17) is 0 Å². The Labute approximate surface area is 124 Å². The van der Waals surface area contributed by atoms with E-state index >= 15 is 0 Å². The summed E-state index contributed by atoms with van der Waals surface area (Å²) in [6.07, 6.45) is 15.4. The van der Waals surface area contributed by atoms with Gasteiger partial charge in [-0.05, 0) is 80.0 Å². The lowest BCUT2D eigenvalue weighted by molar-refractivity contribution is -0.0221. The highest BCUT2D eigenvalue weighted by Gasteiger charge is 2.55. The Bertz CT molecular complexity index is 470. The molecule has 4 aliphatic carbocycles. The van der Waals surface area contributed by atoms with E-state index in [2.05, 4.69) is 26.5 Å². The summed E-state index contributed by atoms with van der Waals surface area (Å²) in [6.45, 7) is 9.46. The molecule has 0 nitrogen and oxygen atoms in total.